The highest BCUT2D eigenvalue weighted by molar-refractivity contribution is 7.84. The van der Waals surface area contributed by atoms with E-state index in [1.54, 1.807) is 6.26 Å². The van der Waals surface area contributed by atoms with Crippen molar-refractivity contribution in [3.63, 3.8) is 0 Å². The molecule has 1 saturated carbocycles. The van der Waals surface area contributed by atoms with Gasteiger partial charge >= 0.3 is 0 Å². The molecule has 1 aliphatic rings. The molecule has 2 atom stereocenters. The Bertz CT molecular complexity index is 1120. The average molecular weight is 463 g/mol. The summed E-state index contributed by atoms with van der Waals surface area (Å²) in [5.41, 5.74) is 4.86. The molecule has 2 unspecified atom stereocenters. The van der Waals surface area contributed by atoms with Crippen LogP contribution in [0.4, 0.5) is 0 Å². The standard InChI is InChI=1S/C28H34N2O2S/c1-20(21-11-5-3-6-12-21)29-27(31)19-25-23-15-9-10-16-26(23)30-28(22-13-7-4-8-14-22)24(25)17-18-33(2)32/h4,7-10,13-16,20-21H,3,5-6,11-12,17-19H2,1-2H3,(H,29,31). The predicted octanol–water partition coefficient (Wildman–Crippen LogP) is 5.45. The minimum Gasteiger partial charge on any atom is -0.353 e. The maximum absolute atomic E-state index is 13.3. The van der Waals surface area contributed by atoms with E-state index in [1.165, 1.54) is 32.1 Å². The van der Waals surface area contributed by atoms with Crippen LogP contribution in [0.15, 0.2) is 54.6 Å². The molecule has 1 N–H and O–H groups in total. The van der Waals surface area contributed by atoms with Gasteiger partial charge in [0.25, 0.3) is 0 Å². The van der Waals surface area contributed by atoms with Gasteiger partial charge < -0.3 is 5.32 Å². The minimum absolute atomic E-state index is 0.0577. The third-order valence-electron chi connectivity index (χ3n) is 6.88. The van der Waals surface area contributed by atoms with E-state index in [4.69, 9.17) is 4.98 Å². The van der Waals surface area contributed by atoms with Gasteiger partial charge in [0, 0.05) is 39.8 Å². The van der Waals surface area contributed by atoms with Crippen LogP contribution in [0.2, 0.25) is 0 Å². The number of amides is 1. The number of hydrogen-bond acceptors (Lipinski definition) is 3. The number of benzene rings is 2. The smallest absolute Gasteiger partial charge is 0.224 e. The SMILES string of the molecule is CC(NC(=O)Cc1c(CCS(C)=O)c(-c2ccccc2)nc2ccccc12)C1CCCCC1. The van der Waals surface area contributed by atoms with Gasteiger partial charge in [-0.15, -0.1) is 0 Å². The number of hydrogen-bond donors (Lipinski definition) is 1. The molecule has 5 heteroatoms. The number of carbonyl (C=O) groups excluding carboxylic acids is 1. The molecule has 4 nitrogen and oxygen atoms in total. The fourth-order valence-electron chi connectivity index (χ4n) is 5.09. The Morgan fingerprint density at radius 3 is 2.45 bits per heavy atom. The quantitative estimate of drug-likeness (QED) is 0.484. The van der Waals surface area contributed by atoms with E-state index >= 15 is 0 Å². The van der Waals surface area contributed by atoms with Gasteiger partial charge in [-0.25, -0.2) is 4.98 Å². The van der Waals surface area contributed by atoms with Crippen molar-refractivity contribution in [3.05, 3.63) is 65.7 Å². The molecule has 1 fully saturated rings. The molecular formula is C28H34N2O2S. The summed E-state index contributed by atoms with van der Waals surface area (Å²) in [6.45, 7) is 2.15. The molecule has 3 aromatic rings. The number of nitrogens with zero attached hydrogens (tertiary/aromatic N) is 1. The molecule has 33 heavy (non-hydrogen) atoms. The molecule has 1 amide bonds. The van der Waals surface area contributed by atoms with Crippen LogP contribution < -0.4 is 5.32 Å². The summed E-state index contributed by atoms with van der Waals surface area (Å²) in [6, 6.07) is 18.3. The Morgan fingerprint density at radius 1 is 1.03 bits per heavy atom. The first-order valence-corrected chi connectivity index (χ1v) is 13.8. The van der Waals surface area contributed by atoms with Gasteiger partial charge in [0.2, 0.25) is 5.91 Å². The highest BCUT2D eigenvalue weighted by Gasteiger charge is 2.23. The molecule has 0 aliphatic heterocycles. The monoisotopic (exact) mass is 462 g/mol. The van der Waals surface area contributed by atoms with E-state index in [2.05, 4.69) is 30.4 Å². The summed E-state index contributed by atoms with van der Waals surface area (Å²) >= 11 is 0. The summed E-state index contributed by atoms with van der Waals surface area (Å²) < 4.78 is 12.0. The topological polar surface area (TPSA) is 59.1 Å². The first-order valence-electron chi connectivity index (χ1n) is 12.1. The third-order valence-corrected chi connectivity index (χ3v) is 7.66. The number of fused-ring (bicyclic) bond motifs is 1. The van der Waals surface area contributed by atoms with E-state index in [0.717, 1.165) is 33.3 Å². The summed E-state index contributed by atoms with van der Waals surface area (Å²) in [5.74, 6) is 1.17. The van der Waals surface area contributed by atoms with Gasteiger partial charge in [0.1, 0.15) is 0 Å². The molecule has 2 aromatic carbocycles. The second-order valence-corrected chi connectivity index (χ2v) is 10.8. The molecule has 1 heterocycles. The van der Waals surface area contributed by atoms with E-state index < -0.39 is 10.8 Å². The lowest BCUT2D eigenvalue weighted by atomic mass is 9.84. The molecule has 0 bridgehead atoms. The van der Waals surface area contributed by atoms with Crippen LogP contribution in [0, 0.1) is 5.92 Å². The lowest BCUT2D eigenvalue weighted by Crippen LogP contribution is -2.39. The Morgan fingerprint density at radius 2 is 1.73 bits per heavy atom. The van der Waals surface area contributed by atoms with Crippen molar-refractivity contribution in [3.8, 4) is 11.3 Å². The number of para-hydroxylation sites is 1. The number of carbonyl (C=O) groups is 1. The maximum atomic E-state index is 13.3. The van der Waals surface area contributed by atoms with Crippen LogP contribution in [0.1, 0.15) is 50.2 Å². The van der Waals surface area contributed by atoms with Gasteiger partial charge in [-0.1, -0.05) is 67.8 Å². The van der Waals surface area contributed by atoms with Gasteiger partial charge in [0.15, 0.2) is 0 Å². The highest BCUT2D eigenvalue weighted by Crippen LogP contribution is 2.32. The fourth-order valence-corrected chi connectivity index (χ4v) is 5.58. The average Bonchev–Trinajstić information content (AvgIpc) is 2.84. The number of nitrogens with one attached hydrogen (secondary N) is 1. The van der Waals surface area contributed by atoms with E-state index in [-0.39, 0.29) is 11.9 Å². The highest BCUT2D eigenvalue weighted by atomic mass is 32.2. The zero-order chi connectivity index (χ0) is 23.2. The fraction of sp³-hybridized carbons (Fsp3) is 0.429. The molecular weight excluding hydrogens is 428 g/mol. The lowest BCUT2D eigenvalue weighted by molar-refractivity contribution is -0.121. The number of pyridine rings is 1. The summed E-state index contributed by atoms with van der Waals surface area (Å²) in [6.07, 6.45) is 8.91. The largest absolute Gasteiger partial charge is 0.353 e. The van der Waals surface area contributed by atoms with Crippen LogP contribution in [0.25, 0.3) is 22.2 Å². The van der Waals surface area contributed by atoms with Crippen LogP contribution in [-0.2, 0) is 28.4 Å². The zero-order valence-electron chi connectivity index (χ0n) is 19.7. The van der Waals surface area contributed by atoms with E-state index in [9.17, 15) is 9.00 Å². The molecule has 174 valence electrons. The number of aromatic nitrogens is 1. The molecule has 0 spiro atoms. The Kier molecular flexibility index (Phi) is 7.92. The van der Waals surface area contributed by atoms with Crippen molar-refractivity contribution < 1.29 is 9.00 Å². The molecule has 0 radical (unpaired) electrons. The van der Waals surface area contributed by atoms with Crippen molar-refractivity contribution in [2.45, 2.75) is 57.9 Å². The second kappa shape index (κ2) is 11.1. The van der Waals surface area contributed by atoms with Crippen LogP contribution >= 0.6 is 0 Å². The summed E-state index contributed by atoms with van der Waals surface area (Å²) in [4.78, 5) is 18.3. The first-order chi connectivity index (χ1) is 16.0. The second-order valence-electron chi connectivity index (χ2n) is 9.26. The van der Waals surface area contributed by atoms with Crippen LogP contribution in [0.3, 0.4) is 0 Å². The van der Waals surface area contributed by atoms with E-state index in [1.807, 2.05) is 36.4 Å². The minimum atomic E-state index is -0.926. The van der Waals surface area contributed by atoms with Crippen molar-refractivity contribution in [2.24, 2.45) is 5.92 Å². The summed E-state index contributed by atoms with van der Waals surface area (Å²) in [5, 5.41) is 4.30. The Balaban J connectivity index is 1.72. The lowest BCUT2D eigenvalue weighted by Gasteiger charge is -2.28. The van der Waals surface area contributed by atoms with Gasteiger partial charge in [-0.05, 0) is 49.3 Å². The van der Waals surface area contributed by atoms with Crippen molar-refractivity contribution in [2.75, 3.05) is 12.0 Å². The first kappa shape index (κ1) is 23.6. The van der Waals surface area contributed by atoms with Gasteiger partial charge in [-0.2, -0.15) is 0 Å². The maximum Gasteiger partial charge on any atom is 0.224 e. The molecule has 1 aromatic heterocycles. The Labute approximate surface area is 199 Å². The number of rotatable bonds is 8. The van der Waals surface area contributed by atoms with Gasteiger partial charge in [-0.3, -0.25) is 9.00 Å². The van der Waals surface area contributed by atoms with E-state index in [0.29, 0.717) is 24.5 Å². The third kappa shape index (κ3) is 5.89. The molecule has 1 aliphatic carbocycles. The van der Waals surface area contributed by atoms with Crippen LogP contribution in [-0.4, -0.2) is 33.2 Å². The van der Waals surface area contributed by atoms with Crippen molar-refractivity contribution in [1.82, 2.24) is 10.3 Å². The summed E-state index contributed by atoms with van der Waals surface area (Å²) in [7, 11) is -0.926. The van der Waals surface area contributed by atoms with Gasteiger partial charge in [0.05, 0.1) is 17.6 Å². The molecule has 0 saturated heterocycles. The zero-order valence-corrected chi connectivity index (χ0v) is 20.5. The van der Waals surface area contributed by atoms with Crippen molar-refractivity contribution in [1.29, 1.82) is 0 Å². The predicted molar refractivity (Wildman–Crippen MR) is 138 cm³/mol. The van der Waals surface area contributed by atoms with Crippen molar-refractivity contribution >= 4 is 27.6 Å². The van der Waals surface area contributed by atoms with Crippen LogP contribution in [0.5, 0.6) is 0 Å². The molecule has 4 rings (SSSR count). The Hall–Kier alpha value is -2.53. The normalized spacial score (nSPS) is 16.4.